The second kappa shape index (κ2) is 7.08. The van der Waals surface area contributed by atoms with E-state index in [0.29, 0.717) is 24.3 Å². The van der Waals surface area contributed by atoms with Crippen LogP contribution in [-0.2, 0) is 9.47 Å². The molecule has 0 spiro atoms. The minimum Gasteiger partial charge on any atom is -0.462 e. The third-order valence-electron chi connectivity index (χ3n) is 5.22. The van der Waals surface area contributed by atoms with Crippen LogP contribution in [0.1, 0.15) is 53.4 Å². The summed E-state index contributed by atoms with van der Waals surface area (Å²) in [5.74, 6) is -0.426. The smallest absolute Gasteiger partial charge is 0.338 e. The maximum atomic E-state index is 14.4. The molecule has 0 saturated carbocycles. The first-order chi connectivity index (χ1) is 12.7. The summed E-state index contributed by atoms with van der Waals surface area (Å²) >= 11 is 0. The van der Waals surface area contributed by atoms with Gasteiger partial charge < -0.3 is 14.8 Å². The monoisotopic (exact) mass is 355 g/mol. The van der Waals surface area contributed by atoms with Crippen LogP contribution in [0.3, 0.4) is 0 Å². The molecule has 2 aromatic rings. The Bertz CT molecular complexity index is 823. The van der Waals surface area contributed by atoms with Crippen LogP contribution in [0.4, 0.5) is 10.1 Å². The topological polar surface area (TPSA) is 47.6 Å². The molecule has 2 aliphatic rings. The molecular weight excluding hydrogens is 333 g/mol. The van der Waals surface area contributed by atoms with Crippen molar-refractivity contribution in [2.24, 2.45) is 5.92 Å². The second-order valence-corrected chi connectivity index (χ2v) is 6.76. The summed E-state index contributed by atoms with van der Waals surface area (Å²) in [5, 5.41) is 3.48. The molecule has 5 heteroatoms. The first-order valence-electron chi connectivity index (χ1n) is 9.12. The summed E-state index contributed by atoms with van der Waals surface area (Å²) in [6.07, 6.45) is 1.74. The van der Waals surface area contributed by atoms with E-state index in [-0.39, 0.29) is 29.9 Å². The van der Waals surface area contributed by atoms with Crippen molar-refractivity contribution in [3.8, 4) is 0 Å². The summed E-state index contributed by atoms with van der Waals surface area (Å²) in [5.41, 5.74) is 3.01. The standard InChI is InChI=1S/C21H22FNO3/c1-2-25-21(24)13-9-10-18-16(12-13)20-15(7-5-11-26-20)19(23-18)14-6-3-4-8-17(14)22/h3-4,6,8-10,12,15,19-20,23H,2,5,7,11H2,1H3/t15-,19+,20-/m1/s1. The third kappa shape index (κ3) is 2.97. The van der Waals surface area contributed by atoms with Crippen LogP contribution in [0.15, 0.2) is 42.5 Å². The molecule has 2 aliphatic heterocycles. The van der Waals surface area contributed by atoms with Gasteiger partial charge in [0, 0.05) is 29.3 Å². The Kier molecular flexibility index (Phi) is 4.64. The normalized spacial score (nSPS) is 24.2. The summed E-state index contributed by atoms with van der Waals surface area (Å²) in [7, 11) is 0. The number of nitrogens with one attached hydrogen (secondary N) is 1. The summed E-state index contributed by atoms with van der Waals surface area (Å²) in [6, 6.07) is 12.2. The molecule has 1 N–H and O–H groups in total. The number of halogens is 1. The van der Waals surface area contributed by atoms with Crippen molar-refractivity contribution in [1.82, 2.24) is 0 Å². The van der Waals surface area contributed by atoms with Gasteiger partial charge in [0.1, 0.15) is 5.82 Å². The van der Waals surface area contributed by atoms with Crippen molar-refractivity contribution in [2.75, 3.05) is 18.5 Å². The number of fused-ring (bicyclic) bond motifs is 3. The zero-order valence-electron chi connectivity index (χ0n) is 14.7. The Morgan fingerprint density at radius 1 is 1.27 bits per heavy atom. The van der Waals surface area contributed by atoms with E-state index in [2.05, 4.69) is 5.32 Å². The van der Waals surface area contributed by atoms with Crippen molar-refractivity contribution in [3.05, 3.63) is 65.0 Å². The molecule has 136 valence electrons. The summed E-state index contributed by atoms with van der Waals surface area (Å²) < 4.78 is 25.6. The lowest BCUT2D eigenvalue weighted by molar-refractivity contribution is -0.0384. The second-order valence-electron chi connectivity index (χ2n) is 6.76. The van der Waals surface area contributed by atoms with Gasteiger partial charge in [0.15, 0.2) is 0 Å². The van der Waals surface area contributed by atoms with Gasteiger partial charge in [-0.2, -0.15) is 0 Å². The van der Waals surface area contributed by atoms with E-state index in [4.69, 9.17) is 9.47 Å². The van der Waals surface area contributed by atoms with Crippen molar-refractivity contribution in [3.63, 3.8) is 0 Å². The van der Waals surface area contributed by atoms with E-state index < -0.39 is 0 Å². The predicted octanol–water partition coefficient (Wildman–Crippen LogP) is 4.64. The quantitative estimate of drug-likeness (QED) is 0.815. The highest BCUT2D eigenvalue weighted by atomic mass is 19.1. The Hall–Kier alpha value is -2.40. The summed E-state index contributed by atoms with van der Waals surface area (Å²) in [4.78, 5) is 12.1. The Balaban J connectivity index is 1.74. The lowest BCUT2D eigenvalue weighted by Crippen LogP contribution is -2.36. The van der Waals surface area contributed by atoms with Crippen molar-refractivity contribution in [2.45, 2.75) is 31.9 Å². The number of anilines is 1. The first kappa shape index (κ1) is 17.0. The molecule has 2 heterocycles. The Morgan fingerprint density at radius 3 is 2.92 bits per heavy atom. The van der Waals surface area contributed by atoms with Gasteiger partial charge >= 0.3 is 5.97 Å². The van der Waals surface area contributed by atoms with E-state index in [9.17, 15) is 9.18 Å². The van der Waals surface area contributed by atoms with Gasteiger partial charge in [0.2, 0.25) is 0 Å². The lowest BCUT2D eigenvalue weighted by Gasteiger charge is -2.43. The fraction of sp³-hybridized carbons (Fsp3) is 0.381. The molecule has 1 fully saturated rings. The zero-order valence-corrected chi connectivity index (χ0v) is 14.7. The zero-order chi connectivity index (χ0) is 18.1. The maximum absolute atomic E-state index is 14.4. The van der Waals surface area contributed by atoms with Crippen LogP contribution in [0.2, 0.25) is 0 Å². The van der Waals surface area contributed by atoms with E-state index in [1.54, 1.807) is 19.1 Å². The SMILES string of the molecule is CCOC(=O)c1ccc2c(c1)[C@@H]1OCCC[C@@H]1[C@H](c1ccccc1F)N2. The van der Waals surface area contributed by atoms with Gasteiger partial charge in [-0.1, -0.05) is 18.2 Å². The number of hydrogen-bond donors (Lipinski definition) is 1. The van der Waals surface area contributed by atoms with E-state index in [1.165, 1.54) is 6.07 Å². The van der Waals surface area contributed by atoms with Crippen molar-refractivity contribution >= 4 is 11.7 Å². The van der Waals surface area contributed by atoms with Crippen molar-refractivity contribution < 1.29 is 18.7 Å². The van der Waals surface area contributed by atoms with Crippen LogP contribution in [0, 0.1) is 11.7 Å². The molecule has 1 saturated heterocycles. The molecule has 3 atom stereocenters. The molecule has 0 aliphatic carbocycles. The van der Waals surface area contributed by atoms with Gasteiger partial charge in [-0.25, -0.2) is 9.18 Å². The number of benzene rings is 2. The molecule has 0 bridgehead atoms. The van der Waals surface area contributed by atoms with Gasteiger partial charge in [-0.3, -0.25) is 0 Å². The molecule has 0 unspecified atom stereocenters. The van der Waals surface area contributed by atoms with Crippen LogP contribution in [0.5, 0.6) is 0 Å². The number of rotatable bonds is 3. The molecule has 26 heavy (non-hydrogen) atoms. The average Bonchev–Trinajstić information content (AvgIpc) is 2.68. The predicted molar refractivity (Wildman–Crippen MR) is 96.6 cm³/mol. The van der Waals surface area contributed by atoms with E-state index >= 15 is 0 Å². The molecule has 0 amide bonds. The largest absolute Gasteiger partial charge is 0.462 e. The Labute approximate surface area is 152 Å². The van der Waals surface area contributed by atoms with E-state index in [0.717, 1.165) is 24.1 Å². The molecule has 2 aromatic carbocycles. The number of esters is 1. The molecule has 0 radical (unpaired) electrons. The van der Waals surface area contributed by atoms with Crippen molar-refractivity contribution in [1.29, 1.82) is 0 Å². The molecule has 4 nitrogen and oxygen atoms in total. The maximum Gasteiger partial charge on any atom is 0.338 e. The van der Waals surface area contributed by atoms with Gasteiger partial charge in [-0.05, 0) is 44.0 Å². The first-order valence-corrected chi connectivity index (χ1v) is 9.12. The van der Waals surface area contributed by atoms with Gasteiger partial charge in [-0.15, -0.1) is 0 Å². The fourth-order valence-corrected chi connectivity index (χ4v) is 4.05. The average molecular weight is 355 g/mol. The Morgan fingerprint density at radius 2 is 2.12 bits per heavy atom. The highest BCUT2D eigenvalue weighted by molar-refractivity contribution is 5.90. The minimum absolute atomic E-state index is 0.116. The third-order valence-corrected chi connectivity index (χ3v) is 5.22. The van der Waals surface area contributed by atoms with E-state index in [1.807, 2.05) is 24.3 Å². The number of hydrogen-bond acceptors (Lipinski definition) is 4. The molecule has 0 aromatic heterocycles. The number of ether oxygens (including phenoxy) is 2. The number of carbonyl (C=O) groups is 1. The van der Waals surface area contributed by atoms with Crippen LogP contribution < -0.4 is 5.32 Å². The number of carbonyl (C=O) groups excluding carboxylic acids is 1. The minimum atomic E-state index is -0.334. The van der Waals surface area contributed by atoms with Gasteiger partial charge in [0.25, 0.3) is 0 Å². The fourth-order valence-electron chi connectivity index (χ4n) is 4.05. The highest BCUT2D eigenvalue weighted by Crippen LogP contribution is 2.49. The van der Waals surface area contributed by atoms with Crippen LogP contribution >= 0.6 is 0 Å². The van der Waals surface area contributed by atoms with Crippen LogP contribution in [0.25, 0.3) is 0 Å². The highest BCUT2D eigenvalue weighted by Gasteiger charge is 2.40. The van der Waals surface area contributed by atoms with Crippen LogP contribution in [-0.4, -0.2) is 19.2 Å². The molecular formula is C21H22FNO3. The van der Waals surface area contributed by atoms with Gasteiger partial charge in [0.05, 0.1) is 24.3 Å². The summed E-state index contributed by atoms with van der Waals surface area (Å²) in [6.45, 7) is 2.80. The molecule has 4 rings (SSSR count). The lowest BCUT2D eigenvalue weighted by atomic mass is 9.77.